The van der Waals surface area contributed by atoms with Gasteiger partial charge in [-0.2, -0.15) is 4.98 Å². The molecule has 9 heteroatoms. The highest BCUT2D eigenvalue weighted by molar-refractivity contribution is 7.57. The zero-order chi connectivity index (χ0) is 15.7. The molecule has 21 heavy (non-hydrogen) atoms. The van der Waals surface area contributed by atoms with Crippen LogP contribution in [0.3, 0.4) is 0 Å². The van der Waals surface area contributed by atoms with Gasteiger partial charge in [0.1, 0.15) is 12.4 Å². The predicted octanol–water partition coefficient (Wildman–Crippen LogP) is 1.42. The van der Waals surface area contributed by atoms with Crippen LogP contribution in [-0.2, 0) is 13.6 Å². The van der Waals surface area contributed by atoms with Crippen molar-refractivity contribution in [3.8, 4) is 0 Å². The van der Waals surface area contributed by atoms with Crippen molar-refractivity contribution in [2.24, 2.45) is 0 Å². The highest BCUT2D eigenvalue weighted by Gasteiger charge is 2.18. The van der Waals surface area contributed by atoms with E-state index in [1.807, 2.05) is 0 Å². The lowest BCUT2D eigenvalue weighted by Crippen LogP contribution is -2.29. The molecule has 0 unspecified atom stereocenters. The Labute approximate surface area is 123 Å². The van der Waals surface area contributed by atoms with Crippen LogP contribution in [0.1, 0.15) is 20.3 Å². The number of nitrogens with zero attached hydrogens (tertiary/aromatic N) is 2. The van der Waals surface area contributed by atoms with E-state index >= 15 is 0 Å². The minimum atomic E-state index is -3.18. The molecule has 8 nitrogen and oxygen atoms in total. The largest absolute Gasteiger partial charge is 0.409 e. The number of hydrogen-bond donors (Lipinski definition) is 1. The molecule has 118 valence electrons. The van der Waals surface area contributed by atoms with E-state index in [0.29, 0.717) is 19.6 Å². The maximum absolute atomic E-state index is 12.1. The van der Waals surface area contributed by atoms with Crippen LogP contribution >= 0.6 is 7.60 Å². The quantitative estimate of drug-likeness (QED) is 0.542. The first-order chi connectivity index (χ1) is 10.0. The van der Waals surface area contributed by atoms with E-state index in [4.69, 9.17) is 19.6 Å². The van der Waals surface area contributed by atoms with E-state index in [0.717, 1.165) is 4.73 Å². The number of hydrogen-bond acceptors (Lipinski definition) is 7. The minimum absolute atomic E-state index is 0.133. The molecule has 0 fully saturated rings. The monoisotopic (exact) mass is 317 g/mol. The molecule has 0 aliphatic rings. The van der Waals surface area contributed by atoms with Gasteiger partial charge in [-0.15, -0.1) is 4.73 Å². The normalized spacial score (nSPS) is 11.9. The molecule has 0 amide bonds. The first-order valence-corrected chi connectivity index (χ1v) is 8.17. The second-order valence-electron chi connectivity index (χ2n) is 3.84. The van der Waals surface area contributed by atoms with Crippen LogP contribution in [0.4, 0.5) is 5.82 Å². The number of aromatic nitrogens is 2. The molecular formula is C12H20N3O5P. The molecule has 0 aromatic carbocycles. The Bertz CT molecular complexity index is 562. The third kappa shape index (κ3) is 6.12. The molecule has 1 rings (SSSR count). The fraction of sp³-hybridized carbons (Fsp3) is 0.500. The number of nitrogen functional groups attached to an aromatic ring is 1. The van der Waals surface area contributed by atoms with Gasteiger partial charge < -0.3 is 19.6 Å². The lowest BCUT2D eigenvalue weighted by atomic mass is 10.5. The maximum atomic E-state index is 12.1. The molecule has 2 N–H and O–H groups in total. The number of rotatable bonds is 9. The Kier molecular flexibility index (Phi) is 7.14. The molecule has 0 saturated carbocycles. The van der Waals surface area contributed by atoms with Crippen molar-refractivity contribution in [2.75, 3.05) is 25.6 Å². The van der Waals surface area contributed by atoms with E-state index < -0.39 is 13.3 Å². The van der Waals surface area contributed by atoms with Crippen LogP contribution in [0.5, 0.6) is 0 Å². The fourth-order valence-corrected chi connectivity index (χ4v) is 2.78. The molecule has 1 aromatic heterocycles. The average Bonchev–Trinajstić information content (AvgIpc) is 2.41. The zero-order valence-corrected chi connectivity index (χ0v) is 13.0. The Hall–Kier alpha value is -1.63. The molecule has 0 bridgehead atoms. The summed E-state index contributed by atoms with van der Waals surface area (Å²) in [5.41, 5.74) is 4.77. The van der Waals surface area contributed by atoms with Gasteiger partial charge in [0.2, 0.25) is 0 Å². The molecule has 0 radical (unpaired) electrons. The summed E-state index contributed by atoms with van der Waals surface area (Å²) < 4.78 is 23.3. The molecule has 0 atom stereocenters. The van der Waals surface area contributed by atoms with E-state index in [9.17, 15) is 9.36 Å². The maximum Gasteiger partial charge on any atom is 0.382 e. The third-order valence-electron chi connectivity index (χ3n) is 2.21. The summed E-state index contributed by atoms with van der Waals surface area (Å²) in [7, 11) is -3.18. The molecule has 0 spiro atoms. The molecule has 1 aromatic rings. The van der Waals surface area contributed by atoms with E-state index in [1.54, 1.807) is 19.9 Å². The summed E-state index contributed by atoms with van der Waals surface area (Å²) in [6.45, 7) is 4.28. The summed E-state index contributed by atoms with van der Waals surface area (Å²) in [6, 6.07) is 1.45. The summed E-state index contributed by atoms with van der Waals surface area (Å²) in [4.78, 5) is 20.1. The van der Waals surface area contributed by atoms with Crippen molar-refractivity contribution in [3.05, 3.63) is 34.6 Å². The third-order valence-corrected chi connectivity index (χ3v) is 4.03. The lowest BCUT2D eigenvalue weighted by molar-refractivity contribution is 0.102. The smallest absolute Gasteiger partial charge is 0.382 e. The Morgan fingerprint density at radius 2 is 2.05 bits per heavy atom. The summed E-state index contributed by atoms with van der Waals surface area (Å²) >= 11 is 0. The van der Waals surface area contributed by atoms with Gasteiger partial charge in [-0.3, -0.25) is 4.57 Å². The Morgan fingerprint density at radius 1 is 1.38 bits per heavy atom. The molecular weight excluding hydrogens is 297 g/mol. The molecule has 0 aliphatic carbocycles. The van der Waals surface area contributed by atoms with Gasteiger partial charge in [0.15, 0.2) is 0 Å². The van der Waals surface area contributed by atoms with E-state index in [-0.39, 0.29) is 12.4 Å². The van der Waals surface area contributed by atoms with Crippen LogP contribution in [0.2, 0.25) is 0 Å². The van der Waals surface area contributed by atoms with Gasteiger partial charge in [-0.05, 0) is 13.8 Å². The highest BCUT2D eigenvalue weighted by atomic mass is 31.2. The topological polar surface area (TPSA) is 106 Å². The summed E-state index contributed by atoms with van der Waals surface area (Å²) in [5.74, 6) is 1.53. The lowest BCUT2D eigenvalue weighted by Gasteiger charge is -2.12. The minimum Gasteiger partial charge on any atom is -0.409 e. The van der Waals surface area contributed by atoms with E-state index in [2.05, 4.69) is 4.98 Å². The van der Waals surface area contributed by atoms with Gasteiger partial charge in [-0.1, -0.05) is 6.08 Å². The predicted molar refractivity (Wildman–Crippen MR) is 79.0 cm³/mol. The second kappa shape index (κ2) is 8.61. The van der Waals surface area contributed by atoms with Crippen molar-refractivity contribution in [1.82, 2.24) is 9.71 Å². The van der Waals surface area contributed by atoms with Crippen LogP contribution in [-0.4, -0.2) is 29.5 Å². The van der Waals surface area contributed by atoms with Gasteiger partial charge in [-0.25, -0.2) is 4.79 Å². The SMILES string of the molecule is CCOP(=O)(/C=C/CCOn1ccc(N)nc1=O)OCC. The zero-order valence-electron chi connectivity index (χ0n) is 12.1. The Balaban J connectivity index is 2.47. The van der Waals surface area contributed by atoms with Gasteiger partial charge in [0.05, 0.1) is 19.4 Å². The summed E-state index contributed by atoms with van der Waals surface area (Å²) in [6.07, 6.45) is 3.45. The van der Waals surface area contributed by atoms with Crippen molar-refractivity contribution in [2.45, 2.75) is 20.3 Å². The van der Waals surface area contributed by atoms with Gasteiger partial charge in [0, 0.05) is 18.3 Å². The molecule has 0 saturated heterocycles. The second-order valence-corrected chi connectivity index (χ2v) is 5.74. The Morgan fingerprint density at radius 3 is 2.62 bits per heavy atom. The number of nitrogens with two attached hydrogens (primary N) is 1. The first-order valence-electron chi connectivity index (χ1n) is 6.55. The summed E-state index contributed by atoms with van der Waals surface area (Å²) in [5, 5.41) is 0. The van der Waals surface area contributed by atoms with Crippen molar-refractivity contribution < 1.29 is 18.5 Å². The van der Waals surface area contributed by atoms with Crippen LogP contribution in [0.25, 0.3) is 0 Å². The van der Waals surface area contributed by atoms with Crippen LogP contribution in [0.15, 0.2) is 29.0 Å². The first kappa shape index (κ1) is 17.4. The molecule has 0 aliphatic heterocycles. The molecule has 1 heterocycles. The van der Waals surface area contributed by atoms with Crippen molar-refractivity contribution in [1.29, 1.82) is 0 Å². The van der Waals surface area contributed by atoms with Gasteiger partial charge >= 0.3 is 13.3 Å². The fourth-order valence-electron chi connectivity index (χ4n) is 1.41. The van der Waals surface area contributed by atoms with Gasteiger partial charge in [0.25, 0.3) is 0 Å². The standard InChI is InChI=1S/C12H20N3O5P/c1-3-19-21(17,20-4-2)10-6-5-9-18-15-8-7-11(13)14-12(15)16/h6-8,10H,3-5,9H2,1-2H3,(H2,13,14,16)/b10-6+. The van der Waals surface area contributed by atoms with Crippen LogP contribution < -0.4 is 16.3 Å². The van der Waals surface area contributed by atoms with E-state index in [1.165, 1.54) is 18.1 Å². The van der Waals surface area contributed by atoms with Crippen molar-refractivity contribution >= 4 is 13.4 Å². The van der Waals surface area contributed by atoms with Crippen molar-refractivity contribution in [3.63, 3.8) is 0 Å². The van der Waals surface area contributed by atoms with Crippen LogP contribution in [0, 0.1) is 0 Å². The highest BCUT2D eigenvalue weighted by Crippen LogP contribution is 2.49. The average molecular weight is 317 g/mol. The number of anilines is 1.